The number of amides is 1. The number of aromatic nitrogens is 1. The van der Waals surface area contributed by atoms with Crippen LogP contribution in [0.3, 0.4) is 0 Å². The first-order valence-electron chi connectivity index (χ1n) is 5.52. The summed E-state index contributed by atoms with van der Waals surface area (Å²) in [6.07, 6.45) is 0.939. The molecule has 0 spiro atoms. The number of nitrogens with two attached hydrogens (primary N) is 1. The molecule has 90 valence electrons. The molecule has 1 atom stereocenters. The maximum Gasteiger partial charge on any atom is 0.271 e. The van der Waals surface area contributed by atoms with E-state index in [4.69, 9.17) is 10.5 Å². The molecular weight excluding hydrogens is 230 g/mol. The van der Waals surface area contributed by atoms with E-state index < -0.39 is 6.10 Å². The molecule has 5 nitrogen and oxygen atoms in total. The molecule has 1 aromatic carbocycles. The Morgan fingerprint density at radius 1 is 1.22 bits per heavy atom. The summed E-state index contributed by atoms with van der Waals surface area (Å²) >= 11 is 0. The van der Waals surface area contributed by atoms with E-state index in [-0.39, 0.29) is 5.91 Å². The van der Waals surface area contributed by atoms with Gasteiger partial charge in [0, 0.05) is 17.4 Å². The molecule has 0 saturated carbocycles. The second kappa shape index (κ2) is 4.03. The molecule has 1 aliphatic rings. The van der Waals surface area contributed by atoms with Crippen molar-refractivity contribution in [1.82, 2.24) is 4.98 Å². The third-order valence-electron chi connectivity index (χ3n) is 2.73. The summed E-state index contributed by atoms with van der Waals surface area (Å²) in [5.74, 6) is 0.791. The number of carbonyl (C=O) groups excluding carboxylic acids is 1. The highest BCUT2D eigenvalue weighted by Gasteiger charge is 2.29. The van der Waals surface area contributed by atoms with E-state index in [9.17, 15) is 4.79 Å². The van der Waals surface area contributed by atoms with E-state index >= 15 is 0 Å². The fourth-order valence-electron chi connectivity index (χ4n) is 1.83. The zero-order valence-corrected chi connectivity index (χ0v) is 9.46. The lowest BCUT2D eigenvalue weighted by atomic mass is 10.1. The van der Waals surface area contributed by atoms with Gasteiger partial charge >= 0.3 is 0 Å². The highest BCUT2D eigenvalue weighted by atomic mass is 16.5. The van der Waals surface area contributed by atoms with Crippen LogP contribution in [0.5, 0.6) is 5.75 Å². The smallest absolute Gasteiger partial charge is 0.271 e. The third-order valence-corrected chi connectivity index (χ3v) is 2.73. The second-order valence-corrected chi connectivity index (χ2v) is 4.00. The molecule has 0 bridgehead atoms. The summed E-state index contributed by atoms with van der Waals surface area (Å²) in [7, 11) is 0. The summed E-state index contributed by atoms with van der Waals surface area (Å²) < 4.78 is 5.65. The Morgan fingerprint density at radius 3 is 2.78 bits per heavy atom. The second-order valence-electron chi connectivity index (χ2n) is 4.00. The summed E-state index contributed by atoms with van der Waals surface area (Å²) in [5.41, 5.74) is 7.03. The van der Waals surface area contributed by atoms with Gasteiger partial charge in [0.15, 0.2) is 11.6 Å². The number of hydrogen-bond donors (Lipinski definition) is 2. The van der Waals surface area contributed by atoms with Crippen molar-refractivity contribution in [2.45, 2.75) is 6.10 Å². The number of nitrogen functional groups attached to an aromatic ring is 1. The minimum atomic E-state index is -0.665. The number of rotatable bonds is 1. The fourth-order valence-corrected chi connectivity index (χ4v) is 1.83. The standard InChI is InChI=1S/C13H11N3O2/c14-9-5-3-8(4-6-9)11-13(17)16-12-10(18-11)2-1-7-15-12/h1-7,11H,14H2,(H,15,16,17). The topological polar surface area (TPSA) is 77.2 Å². The molecule has 2 heterocycles. The minimum absolute atomic E-state index is 0.231. The Balaban J connectivity index is 1.95. The van der Waals surface area contributed by atoms with E-state index in [1.165, 1.54) is 0 Å². The van der Waals surface area contributed by atoms with Crippen LogP contribution in [-0.4, -0.2) is 10.9 Å². The van der Waals surface area contributed by atoms with Crippen LogP contribution >= 0.6 is 0 Å². The molecule has 3 N–H and O–H groups in total. The zero-order valence-electron chi connectivity index (χ0n) is 9.46. The molecule has 1 amide bonds. The molecule has 1 aliphatic heterocycles. The predicted molar refractivity (Wildman–Crippen MR) is 67.1 cm³/mol. The molecule has 18 heavy (non-hydrogen) atoms. The first-order chi connectivity index (χ1) is 8.74. The van der Waals surface area contributed by atoms with Crippen LogP contribution in [0.4, 0.5) is 11.5 Å². The van der Waals surface area contributed by atoms with Gasteiger partial charge in [0.1, 0.15) is 0 Å². The van der Waals surface area contributed by atoms with Crippen molar-refractivity contribution in [3.63, 3.8) is 0 Å². The highest BCUT2D eigenvalue weighted by Crippen LogP contribution is 2.32. The molecule has 1 unspecified atom stereocenters. The number of benzene rings is 1. The number of fused-ring (bicyclic) bond motifs is 1. The predicted octanol–water partition coefficient (Wildman–Crippen LogP) is 1.74. The van der Waals surface area contributed by atoms with Gasteiger partial charge in [0.2, 0.25) is 6.10 Å². The molecule has 1 aromatic heterocycles. The van der Waals surface area contributed by atoms with Gasteiger partial charge in [0.25, 0.3) is 5.91 Å². The molecule has 0 aliphatic carbocycles. The van der Waals surface area contributed by atoms with Gasteiger partial charge in [-0.25, -0.2) is 4.98 Å². The van der Waals surface area contributed by atoms with E-state index in [2.05, 4.69) is 10.3 Å². The lowest BCUT2D eigenvalue weighted by Crippen LogP contribution is -2.30. The largest absolute Gasteiger partial charge is 0.472 e. The Kier molecular flexibility index (Phi) is 2.37. The normalized spacial score (nSPS) is 17.6. The first kappa shape index (κ1) is 10.6. The number of anilines is 2. The van der Waals surface area contributed by atoms with E-state index in [1.54, 1.807) is 42.6 Å². The monoisotopic (exact) mass is 241 g/mol. The van der Waals surface area contributed by atoms with Gasteiger partial charge < -0.3 is 15.8 Å². The summed E-state index contributed by atoms with van der Waals surface area (Å²) in [6.45, 7) is 0. The number of hydrogen-bond acceptors (Lipinski definition) is 4. The Bertz CT molecular complexity index is 595. The highest BCUT2D eigenvalue weighted by molar-refractivity contribution is 5.97. The molecule has 2 aromatic rings. The first-order valence-corrected chi connectivity index (χ1v) is 5.52. The van der Waals surface area contributed by atoms with E-state index in [1.807, 2.05) is 0 Å². The van der Waals surface area contributed by atoms with Gasteiger partial charge in [-0.15, -0.1) is 0 Å². The maximum absolute atomic E-state index is 11.9. The molecular formula is C13H11N3O2. The van der Waals surface area contributed by atoms with Crippen LogP contribution in [0, 0.1) is 0 Å². The van der Waals surface area contributed by atoms with Crippen LogP contribution < -0.4 is 15.8 Å². The summed E-state index contributed by atoms with van der Waals surface area (Å²) in [5, 5.41) is 2.72. The quantitative estimate of drug-likeness (QED) is 0.745. The Labute approximate surface area is 104 Å². The molecule has 3 rings (SSSR count). The summed E-state index contributed by atoms with van der Waals surface area (Å²) in [6, 6.07) is 10.6. The van der Waals surface area contributed by atoms with Crippen molar-refractivity contribution in [2.75, 3.05) is 11.1 Å². The number of carbonyl (C=O) groups is 1. The fraction of sp³-hybridized carbons (Fsp3) is 0.0769. The SMILES string of the molecule is Nc1ccc(C2Oc3cccnc3NC2=O)cc1. The van der Waals surface area contributed by atoms with Crippen LogP contribution in [0.15, 0.2) is 42.6 Å². The Hall–Kier alpha value is -2.56. The third kappa shape index (κ3) is 1.75. The van der Waals surface area contributed by atoms with Crippen molar-refractivity contribution < 1.29 is 9.53 Å². The van der Waals surface area contributed by atoms with E-state index in [0.717, 1.165) is 5.56 Å². The molecule has 5 heteroatoms. The van der Waals surface area contributed by atoms with Gasteiger partial charge in [0.05, 0.1) is 0 Å². The lowest BCUT2D eigenvalue weighted by Gasteiger charge is -2.25. The van der Waals surface area contributed by atoms with Crippen LogP contribution in [0.1, 0.15) is 11.7 Å². The Morgan fingerprint density at radius 2 is 2.00 bits per heavy atom. The van der Waals surface area contributed by atoms with Crippen molar-refractivity contribution in [2.24, 2.45) is 0 Å². The van der Waals surface area contributed by atoms with Crippen molar-refractivity contribution in [1.29, 1.82) is 0 Å². The lowest BCUT2D eigenvalue weighted by molar-refractivity contribution is -0.123. The van der Waals surface area contributed by atoms with Gasteiger partial charge in [-0.1, -0.05) is 12.1 Å². The van der Waals surface area contributed by atoms with Crippen molar-refractivity contribution >= 4 is 17.4 Å². The molecule has 0 radical (unpaired) electrons. The van der Waals surface area contributed by atoms with Crippen LogP contribution in [0.2, 0.25) is 0 Å². The zero-order chi connectivity index (χ0) is 12.5. The summed E-state index contributed by atoms with van der Waals surface area (Å²) in [4.78, 5) is 16.0. The number of pyridine rings is 1. The average Bonchev–Trinajstić information content (AvgIpc) is 2.39. The number of nitrogens with zero attached hydrogens (tertiary/aromatic N) is 1. The van der Waals surface area contributed by atoms with Crippen molar-refractivity contribution in [3.05, 3.63) is 48.2 Å². The van der Waals surface area contributed by atoms with Gasteiger partial charge in [-0.3, -0.25) is 4.79 Å². The molecule has 0 fully saturated rings. The van der Waals surface area contributed by atoms with Crippen LogP contribution in [0.25, 0.3) is 0 Å². The van der Waals surface area contributed by atoms with Crippen LogP contribution in [-0.2, 0) is 4.79 Å². The van der Waals surface area contributed by atoms with Gasteiger partial charge in [-0.05, 0) is 24.3 Å². The number of nitrogens with one attached hydrogen (secondary N) is 1. The maximum atomic E-state index is 11.9. The van der Waals surface area contributed by atoms with Crippen molar-refractivity contribution in [3.8, 4) is 5.75 Å². The minimum Gasteiger partial charge on any atom is -0.472 e. The van der Waals surface area contributed by atoms with E-state index in [0.29, 0.717) is 17.3 Å². The number of ether oxygens (including phenoxy) is 1. The average molecular weight is 241 g/mol. The molecule has 0 saturated heterocycles. The van der Waals surface area contributed by atoms with Gasteiger partial charge in [-0.2, -0.15) is 0 Å².